The second-order valence-corrected chi connectivity index (χ2v) is 4.67. The molecule has 1 atom stereocenters. The fourth-order valence-corrected chi connectivity index (χ4v) is 2.19. The first-order chi connectivity index (χ1) is 8.88. The first-order valence-electron chi connectivity index (χ1n) is 5.83. The van der Waals surface area contributed by atoms with Crippen LogP contribution in [-0.4, -0.2) is 29.4 Å². The molecular weight excluding hydrogens is 248 g/mol. The van der Waals surface area contributed by atoms with Gasteiger partial charge in [0.15, 0.2) is 0 Å². The normalized spacial score (nSPS) is 18.7. The number of nitrogens with two attached hydrogens (primary N) is 1. The third kappa shape index (κ3) is 2.57. The van der Waals surface area contributed by atoms with Gasteiger partial charge in [-0.05, 0) is 30.7 Å². The van der Waals surface area contributed by atoms with E-state index in [1.165, 1.54) is 17.0 Å². The van der Waals surface area contributed by atoms with Crippen molar-refractivity contribution >= 4 is 23.5 Å². The molecule has 1 unspecified atom stereocenters. The quantitative estimate of drug-likeness (QED) is 0.829. The zero-order valence-corrected chi connectivity index (χ0v) is 10.4. The van der Waals surface area contributed by atoms with Crippen molar-refractivity contribution in [3.05, 3.63) is 29.3 Å². The molecule has 19 heavy (non-hydrogen) atoms. The van der Waals surface area contributed by atoms with Gasteiger partial charge in [0.1, 0.15) is 0 Å². The minimum absolute atomic E-state index is 0.0751. The third-order valence-electron chi connectivity index (χ3n) is 3.15. The SMILES string of the molecule is Cc1cc(C(=O)O)cc(N2CC(C(N)=O)CC2=O)c1. The van der Waals surface area contributed by atoms with Gasteiger partial charge in [-0.3, -0.25) is 9.59 Å². The summed E-state index contributed by atoms with van der Waals surface area (Å²) >= 11 is 0. The van der Waals surface area contributed by atoms with Gasteiger partial charge in [0, 0.05) is 18.7 Å². The maximum Gasteiger partial charge on any atom is 0.335 e. The van der Waals surface area contributed by atoms with E-state index in [1.54, 1.807) is 13.0 Å². The number of hydrogen-bond acceptors (Lipinski definition) is 3. The minimum Gasteiger partial charge on any atom is -0.478 e. The van der Waals surface area contributed by atoms with E-state index in [0.717, 1.165) is 5.56 Å². The number of anilines is 1. The second kappa shape index (κ2) is 4.72. The molecular formula is C13H14N2O4. The lowest BCUT2D eigenvalue weighted by molar-refractivity contribution is -0.123. The summed E-state index contributed by atoms with van der Waals surface area (Å²) in [6.07, 6.45) is 0.0751. The average Bonchev–Trinajstić information content (AvgIpc) is 2.70. The van der Waals surface area contributed by atoms with Crippen molar-refractivity contribution in [2.24, 2.45) is 11.7 Å². The van der Waals surface area contributed by atoms with Gasteiger partial charge in [0.2, 0.25) is 11.8 Å². The number of aromatic carboxylic acids is 1. The van der Waals surface area contributed by atoms with Crippen LogP contribution in [0.2, 0.25) is 0 Å². The highest BCUT2D eigenvalue weighted by Crippen LogP contribution is 2.26. The van der Waals surface area contributed by atoms with Gasteiger partial charge < -0.3 is 15.7 Å². The van der Waals surface area contributed by atoms with Crippen LogP contribution in [0.15, 0.2) is 18.2 Å². The lowest BCUT2D eigenvalue weighted by Gasteiger charge is -2.17. The number of benzene rings is 1. The monoisotopic (exact) mass is 262 g/mol. The molecule has 0 bridgehead atoms. The Morgan fingerprint density at radius 1 is 1.37 bits per heavy atom. The van der Waals surface area contributed by atoms with E-state index in [0.29, 0.717) is 5.69 Å². The number of hydrogen-bond donors (Lipinski definition) is 2. The Hall–Kier alpha value is -2.37. The van der Waals surface area contributed by atoms with Gasteiger partial charge in [0.25, 0.3) is 0 Å². The summed E-state index contributed by atoms with van der Waals surface area (Å²) in [5.41, 5.74) is 6.55. The zero-order valence-electron chi connectivity index (χ0n) is 10.4. The maximum absolute atomic E-state index is 11.9. The van der Waals surface area contributed by atoms with Gasteiger partial charge in [0.05, 0.1) is 11.5 Å². The van der Waals surface area contributed by atoms with Crippen molar-refractivity contribution in [3.8, 4) is 0 Å². The molecule has 0 aliphatic carbocycles. The molecule has 0 aromatic heterocycles. The van der Waals surface area contributed by atoms with Crippen molar-refractivity contribution in [2.45, 2.75) is 13.3 Å². The van der Waals surface area contributed by atoms with Gasteiger partial charge in [-0.1, -0.05) is 0 Å². The van der Waals surface area contributed by atoms with Crippen LogP contribution in [0, 0.1) is 12.8 Å². The molecule has 3 N–H and O–H groups in total. The van der Waals surface area contributed by atoms with Gasteiger partial charge in [-0.2, -0.15) is 0 Å². The Morgan fingerprint density at radius 2 is 2.05 bits per heavy atom. The summed E-state index contributed by atoms with van der Waals surface area (Å²) in [5, 5.41) is 9.01. The van der Waals surface area contributed by atoms with E-state index >= 15 is 0 Å². The van der Waals surface area contributed by atoms with Crippen molar-refractivity contribution in [2.75, 3.05) is 11.4 Å². The van der Waals surface area contributed by atoms with E-state index in [9.17, 15) is 14.4 Å². The number of carboxylic acids is 1. The van der Waals surface area contributed by atoms with Gasteiger partial charge in [-0.15, -0.1) is 0 Å². The molecule has 1 aromatic carbocycles. The molecule has 1 aliphatic rings. The molecule has 2 rings (SSSR count). The maximum atomic E-state index is 11.9. The molecule has 6 heteroatoms. The topological polar surface area (TPSA) is 101 Å². The fourth-order valence-electron chi connectivity index (χ4n) is 2.19. The van der Waals surface area contributed by atoms with Crippen LogP contribution in [0.4, 0.5) is 5.69 Å². The first kappa shape index (κ1) is 13.1. The average molecular weight is 262 g/mol. The highest BCUT2D eigenvalue weighted by molar-refractivity contribution is 6.01. The molecule has 0 spiro atoms. The molecule has 1 aromatic rings. The van der Waals surface area contributed by atoms with Crippen LogP contribution in [-0.2, 0) is 9.59 Å². The predicted octanol–water partition coefficient (Wildman–Crippen LogP) is 0.531. The highest BCUT2D eigenvalue weighted by atomic mass is 16.4. The molecule has 6 nitrogen and oxygen atoms in total. The van der Waals surface area contributed by atoms with E-state index in [2.05, 4.69) is 0 Å². The number of primary amides is 1. The van der Waals surface area contributed by atoms with Crippen LogP contribution in [0.5, 0.6) is 0 Å². The standard InChI is InChI=1S/C13H14N2O4/c1-7-2-8(13(18)19)4-10(3-7)15-6-9(12(14)17)5-11(15)16/h2-4,9H,5-6H2,1H3,(H2,14,17)(H,18,19). The summed E-state index contributed by atoms with van der Waals surface area (Å²) < 4.78 is 0. The zero-order chi connectivity index (χ0) is 14.2. The molecule has 1 saturated heterocycles. The molecule has 1 heterocycles. The number of carbonyl (C=O) groups is 3. The lowest BCUT2D eigenvalue weighted by Crippen LogP contribution is -2.28. The predicted molar refractivity (Wildman–Crippen MR) is 67.8 cm³/mol. The molecule has 1 fully saturated rings. The van der Waals surface area contributed by atoms with Crippen molar-refractivity contribution in [3.63, 3.8) is 0 Å². The van der Waals surface area contributed by atoms with E-state index < -0.39 is 17.8 Å². The van der Waals surface area contributed by atoms with Gasteiger partial charge >= 0.3 is 5.97 Å². The molecule has 100 valence electrons. The van der Waals surface area contributed by atoms with Crippen molar-refractivity contribution in [1.82, 2.24) is 0 Å². The van der Waals surface area contributed by atoms with Crippen LogP contribution < -0.4 is 10.6 Å². The smallest absolute Gasteiger partial charge is 0.335 e. The Balaban J connectivity index is 2.34. The number of nitrogens with zero attached hydrogens (tertiary/aromatic N) is 1. The summed E-state index contributed by atoms with van der Waals surface area (Å²) in [7, 11) is 0. The molecule has 2 amide bonds. The van der Waals surface area contributed by atoms with E-state index in [4.69, 9.17) is 10.8 Å². The Morgan fingerprint density at radius 3 is 2.58 bits per heavy atom. The Kier molecular flexibility index (Phi) is 3.25. The van der Waals surface area contributed by atoms with Crippen LogP contribution >= 0.6 is 0 Å². The van der Waals surface area contributed by atoms with Crippen molar-refractivity contribution < 1.29 is 19.5 Å². The third-order valence-corrected chi connectivity index (χ3v) is 3.15. The number of carbonyl (C=O) groups excluding carboxylic acids is 2. The number of amides is 2. The Bertz CT molecular complexity index is 568. The van der Waals surface area contributed by atoms with E-state index in [-0.39, 0.29) is 24.4 Å². The van der Waals surface area contributed by atoms with Crippen LogP contribution in [0.25, 0.3) is 0 Å². The summed E-state index contributed by atoms with van der Waals surface area (Å²) in [4.78, 5) is 35.4. The van der Waals surface area contributed by atoms with Crippen LogP contribution in [0.1, 0.15) is 22.3 Å². The lowest BCUT2D eigenvalue weighted by atomic mass is 10.1. The highest BCUT2D eigenvalue weighted by Gasteiger charge is 2.34. The first-order valence-corrected chi connectivity index (χ1v) is 5.83. The Labute approximate surface area is 109 Å². The van der Waals surface area contributed by atoms with Crippen molar-refractivity contribution in [1.29, 1.82) is 0 Å². The molecule has 1 aliphatic heterocycles. The fraction of sp³-hybridized carbons (Fsp3) is 0.308. The summed E-state index contributed by atoms with van der Waals surface area (Å²) in [6.45, 7) is 1.96. The number of rotatable bonds is 3. The minimum atomic E-state index is -1.05. The summed E-state index contributed by atoms with van der Waals surface area (Å²) in [5.74, 6) is -2.29. The van der Waals surface area contributed by atoms with E-state index in [1.807, 2.05) is 0 Å². The second-order valence-electron chi connectivity index (χ2n) is 4.67. The molecule has 0 radical (unpaired) electrons. The largest absolute Gasteiger partial charge is 0.478 e. The van der Waals surface area contributed by atoms with Crippen LogP contribution in [0.3, 0.4) is 0 Å². The number of carboxylic acid groups (broad SMARTS) is 1. The molecule has 0 saturated carbocycles. The van der Waals surface area contributed by atoms with Gasteiger partial charge in [-0.25, -0.2) is 4.79 Å². The number of aryl methyl sites for hydroxylation is 1. The summed E-state index contributed by atoms with van der Waals surface area (Å²) in [6, 6.07) is 4.67.